The van der Waals surface area contributed by atoms with E-state index in [4.69, 9.17) is 10.6 Å². The summed E-state index contributed by atoms with van der Waals surface area (Å²) in [5.74, 6) is 7.06. The Bertz CT molecular complexity index is 559. The van der Waals surface area contributed by atoms with Gasteiger partial charge in [0.05, 0.1) is 7.11 Å². The van der Waals surface area contributed by atoms with Crippen molar-refractivity contribution < 1.29 is 4.74 Å². The Morgan fingerprint density at radius 3 is 2.85 bits per heavy atom. The zero-order chi connectivity index (χ0) is 14.4. The lowest BCUT2D eigenvalue weighted by Crippen LogP contribution is -2.19. The molecule has 20 heavy (non-hydrogen) atoms. The first-order chi connectivity index (χ1) is 9.72. The number of benzene rings is 1. The first-order valence-corrected chi connectivity index (χ1v) is 6.45. The number of pyridine rings is 1. The number of nitrogen functional groups attached to an aromatic ring is 1. The van der Waals surface area contributed by atoms with Gasteiger partial charge >= 0.3 is 0 Å². The topological polar surface area (TPSA) is 63.4 Å². The molecule has 0 radical (unpaired) electrons. The zero-order valence-electron chi connectivity index (χ0n) is 11.8. The predicted octanol–water partition coefficient (Wildman–Crippen LogP) is 2.01. The summed E-state index contributed by atoms with van der Waals surface area (Å²) >= 11 is 0. The first-order valence-electron chi connectivity index (χ1n) is 6.45. The van der Waals surface area contributed by atoms with Crippen molar-refractivity contribution in [2.24, 2.45) is 5.84 Å². The molecule has 0 aliphatic carbocycles. The van der Waals surface area contributed by atoms with Crippen molar-refractivity contribution in [2.45, 2.75) is 13.1 Å². The van der Waals surface area contributed by atoms with Crippen LogP contribution in [-0.2, 0) is 13.1 Å². The highest BCUT2D eigenvalue weighted by Gasteiger charge is 2.06. The van der Waals surface area contributed by atoms with E-state index in [1.807, 2.05) is 30.3 Å². The van der Waals surface area contributed by atoms with E-state index < -0.39 is 0 Å². The van der Waals surface area contributed by atoms with E-state index >= 15 is 0 Å². The Hall–Kier alpha value is -2.11. The molecule has 0 saturated heterocycles. The van der Waals surface area contributed by atoms with Crippen LogP contribution >= 0.6 is 0 Å². The van der Waals surface area contributed by atoms with Crippen molar-refractivity contribution in [3.8, 4) is 5.75 Å². The second-order valence-corrected chi connectivity index (χ2v) is 4.68. The minimum absolute atomic E-state index is 0.713. The SMILES string of the molecule is COc1cccc(CN(C)Cc2cccnc2NN)c1. The Labute approximate surface area is 119 Å². The molecule has 0 atom stereocenters. The molecule has 0 fully saturated rings. The van der Waals surface area contributed by atoms with E-state index in [1.165, 1.54) is 5.56 Å². The van der Waals surface area contributed by atoms with Crippen LogP contribution in [-0.4, -0.2) is 24.0 Å². The average molecular weight is 272 g/mol. The molecule has 0 saturated carbocycles. The van der Waals surface area contributed by atoms with Crippen LogP contribution in [0.15, 0.2) is 42.6 Å². The maximum Gasteiger partial charge on any atom is 0.144 e. The molecule has 0 unspecified atom stereocenters. The van der Waals surface area contributed by atoms with Crippen molar-refractivity contribution in [1.82, 2.24) is 9.88 Å². The number of hydrazine groups is 1. The number of aromatic nitrogens is 1. The maximum absolute atomic E-state index is 5.47. The molecule has 1 heterocycles. The normalized spacial score (nSPS) is 10.6. The standard InChI is InChI=1S/C15H20N4O/c1-19(10-12-5-3-7-14(9-12)20-2)11-13-6-4-8-17-15(13)18-16/h3-9H,10-11,16H2,1-2H3,(H,17,18). The van der Waals surface area contributed by atoms with Crippen molar-refractivity contribution in [3.63, 3.8) is 0 Å². The van der Waals surface area contributed by atoms with Crippen LogP contribution in [0.4, 0.5) is 5.82 Å². The molecule has 0 aliphatic heterocycles. The highest BCUT2D eigenvalue weighted by atomic mass is 16.5. The van der Waals surface area contributed by atoms with Gasteiger partial charge in [-0.1, -0.05) is 18.2 Å². The number of ether oxygens (including phenoxy) is 1. The van der Waals surface area contributed by atoms with Gasteiger partial charge in [-0.3, -0.25) is 4.90 Å². The van der Waals surface area contributed by atoms with Crippen LogP contribution in [0.2, 0.25) is 0 Å². The van der Waals surface area contributed by atoms with E-state index in [9.17, 15) is 0 Å². The number of hydrogen-bond donors (Lipinski definition) is 2. The molecule has 0 amide bonds. The number of anilines is 1. The van der Waals surface area contributed by atoms with Gasteiger partial charge in [0, 0.05) is 24.8 Å². The quantitative estimate of drug-likeness (QED) is 0.622. The summed E-state index contributed by atoms with van der Waals surface area (Å²) in [6.45, 7) is 1.60. The van der Waals surface area contributed by atoms with Crippen LogP contribution in [0.3, 0.4) is 0 Å². The fourth-order valence-electron chi connectivity index (χ4n) is 2.13. The highest BCUT2D eigenvalue weighted by molar-refractivity contribution is 5.42. The molecular weight excluding hydrogens is 252 g/mol. The second kappa shape index (κ2) is 6.88. The molecule has 1 aromatic heterocycles. The molecule has 1 aromatic carbocycles. The van der Waals surface area contributed by atoms with E-state index in [1.54, 1.807) is 13.3 Å². The molecule has 5 nitrogen and oxygen atoms in total. The van der Waals surface area contributed by atoms with E-state index in [2.05, 4.69) is 28.4 Å². The molecule has 0 aliphatic rings. The van der Waals surface area contributed by atoms with Crippen LogP contribution in [0.25, 0.3) is 0 Å². The Kier molecular flexibility index (Phi) is 4.92. The molecular formula is C15H20N4O. The van der Waals surface area contributed by atoms with Gasteiger partial charge in [-0.25, -0.2) is 10.8 Å². The smallest absolute Gasteiger partial charge is 0.144 e. The van der Waals surface area contributed by atoms with E-state index in [0.717, 1.165) is 24.4 Å². The molecule has 0 spiro atoms. The second-order valence-electron chi connectivity index (χ2n) is 4.68. The summed E-state index contributed by atoms with van der Waals surface area (Å²) in [4.78, 5) is 6.40. The van der Waals surface area contributed by atoms with Crippen molar-refractivity contribution in [1.29, 1.82) is 0 Å². The van der Waals surface area contributed by atoms with Gasteiger partial charge in [0.25, 0.3) is 0 Å². The van der Waals surface area contributed by atoms with Gasteiger partial charge < -0.3 is 10.2 Å². The van der Waals surface area contributed by atoms with E-state index in [0.29, 0.717) is 5.82 Å². The van der Waals surface area contributed by atoms with Crippen molar-refractivity contribution >= 4 is 5.82 Å². The number of nitrogens with zero attached hydrogens (tertiary/aromatic N) is 2. The van der Waals surface area contributed by atoms with Gasteiger partial charge in [-0.05, 0) is 30.8 Å². The Morgan fingerprint density at radius 1 is 1.25 bits per heavy atom. The maximum atomic E-state index is 5.47. The summed E-state index contributed by atoms with van der Waals surface area (Å²) < 4.78 is 5.24. The third-order valence-corrected chi connectivity index (χ3v) is 3.05. The van der Waals surface area contributed by atoms with Gasteiger partial charge in [-0.2, -0.15) is 0 Å². The van der Waals surface area contributed by atoms with Crippen molar-refractivity contribution in [2.75, 3.05) is 19.6 Å². The molecule has 2 rings (SSSR count). The minimum atomic E-state index is 0.713. The number of methoxy groups -OCH3 is 1. The molecule has 2 aromatic rings. The van der Waals surface area contributed by atoms with Gasteiger partial charge in [0.2, 0.25) is 0 Å². The molecule has 5 heteroatoms. The minimum Gasteiger partial charge on any atom is -0.497 e. The number of hydrogen-bond acceptors (Lipinski definition) is 5. The zero-order valence-corrected chi connectivity index (χ0v) is 11.8. The number of rotatable bonds is 6. The third kappa shape index (κ3) is 3.69. The van der Waals surface area contributed by atoms with Gasteiger partial charge in [0.1, 0.15) is 11.6 Å². The average Bonchev–Trinajstić information content (AvgIpc) is 2.48. The van der Waals surface area contributed by atoms with Crippen LogP contribution in [0.1, 0.15) is 11.1 Å². The summed E-state index contributed by atoms with van der Waals surface area (Å²) in [6.07, 6.45) is 1.72. The van der Waals surface area contributed by atoms with Crippen molar-refractivity contribution in [3.05, 3.63) is 53.7 Å². The summed E-state index contributed by atoms with van der Waals surface area (Å²) in [5, 5.41) is 0. The lowest BCUT2D eigenvalue weighted by atomic mass is 10.2. The first kappa shape index (κ1) is 14.3. The number of nitrogens with two attached hydrogens (primary N) is 1. The van der Waals surface area contributed by atoms with Crippen LogP contribution in [0, 0.1) is 0 Å². The van der Waals surface area contributed by atoms with Crippen LogP contribution in [0.5, 0.6) is 5.75 Å². The highest BCUT2D eigenvalue weighted by Crippen LogP contribution is 2.16. The summed E-state index contributed by atoms with van der Waals surface area (Å²) in [7, 11) is 3.74. The molecule has 106 valence electrons. The van der Waals surface area contributed by atoms with Gasteiger partial charge in [0.15, 0.2) is 0 Å². The molecule has 3 N–H and O–H groups in total. The van der Waals surface area contributed by atoms with Gasteiger partial charge in [-0.15, -0.1) is 0 Å². The lowest BCUT2D eigenvalue weighted by molar-refractivity contribution is 0.318. The summed E-state index contributed by atoms with van der Waals surface area (Å²) in [5.41, 5.74) is 4.90. The lowest BCUT2D eigenvalue weighted by Gasteiger charge is -2.18. The van der Waals surface area contributed by atoms with E-state index in [-0.39, 0.29) is 0 Å². The third-order valence-electron chi connectivity index (χ3n) is 3.05. The fourth-order valence-corrected chi connectivity index (χ4v) is 2.13. The summed E-state index contributed by atoms with van der Waals surface area (Å²) in [6, 6.07) is 12.0. The predicted molar refractivity (Wildman–Crippen MR) is 80.2 cm³/mol. The largest absolute Gasteiger partial charge is 0.497 e. The molecule has 0 bridgehead atoms. The fraction of sp³-hybridized carbons (Fsp3) is 0.267. The van der Waals surface area contributed by atoms with Crippen LogP contribution < -0.4 is 16.0 Å². The Morgan fingerprint density at radius 2 is 2.10 bits per heavy atom. The Balaban J connectivity index is 2.03. The monoisotopic (exact) mass is 272 g/mol. The number of nitrogens with one attached hydrogen (secondary N) is 1.